The highest BCUT2D eigenvalue weighted by Crippen LogP contribution is 2.30. The molecule has 0 radical (unpaired) electrons. The molecular formula is C15H16N2O. The molecule has 0 bridgehead atoms. The number of allylic oxidation sites excluding steroid dienone is 2. The molecule has 1 atom stereocenters. The van der Waals surface area contributed by atoms with Gasteiger partial charge in [-0.3, -0.25) is 0 Å². The molecule has 1 aromatic carbocycles. The fraction of sp³-hybridized carbons (Fsp3) is 0.200. The van der Waals surface area contributed by atoms with Crippen LogP contribution in [0, 0.1) is 0 Å². The number of aliphatic hydroxyl groups is 1. The number of fused-ring (bicyclic) bond motifs is 1. The number of aliphatic hydroxyl groups excluding tert-OH is 1. The highest BCUT2D eigenvalue weighted by Gasteiger charge is 2.24. The molecule has 0 spiro atoms. The third kappa shape index (κ3) is 1.83. The topological polar surface area (TPSA) is 26.7 Å². The van der Waals surface area contributed by atoms with Crippen molar-refractivity contribution in [2.24, 2.45) is 0 Å². The molecule has 1 unspecified atom stereocenters. The van der Waals surface area contributed by atoms with Gasteiger partial charge in [-0.2, -0.15) is 0 Å². The third-order valence-electron chi connectivity index (χ3n) is 3.31. The first-order chi connectivity index (χ1) is 8.75. The lowest BCUT2D eigenvalue weighted by Gasteiger charge is -2.29. The first kappa shape index (κ1) is 11.1. The normalized spacial score (nSPS) is 19.4. The van der Waals surface area contributed by atoms with Gasteiger partial charge in [-0.05, 0) is 30.7 Å². The summed E-state index contributed by atoms with van der Waals surface area (Å²) in [6.07, 6.45) is 7.79. The predicted octanol–water partition coefficient (Wildman–Crippen LogP) is 2.44. The SMILES string of the molecule is CC(O)C1=CC=C2N(C=CN2c2ccccc2)C1. The molecule has 1 aromatic rings. The Morgan fingerprint density at radius 2 is 1.89 bits per heavy atom. The summed E-state index contributed by atoms with van der Waals surface area (Å²) in [5, 5.41) is 9.62. The van der Waals surface area contributed by atoms with E-state index in [1.54, 1.807) is 6.92 Å². The van der Waals surface area contributed by atoms with E-state index in [1.165, 1.54) is 0 Å². The van der Waals surface area contributed by atoms with E-state index in [1.807, 2.05) is 30.5 Å². The fourth-order valence-electron chi connectivity index (χ4n) is 2.26. The van der Waals surface area contributed by atoms with Gasteiger partial charge in [0.05, 0.1) is 6.10 Å². The van der Waals surface area contributed by atoms with Gasteiger partial charge >= 0.3 is 0 Å². The minimum absolute atomic E-state index is 0.387. The molecule has 18 heavy (non-hydrogen) atoms. The quantitative estimate of drug-likeness (QED) is 0.860. The molecule has 3 heteroatoms. The van der Waals surface area contributed by atoms with Crippen LogP contribution in [0.3, 0.4) is 0 Å². The van der Waals surface area contributed by atoms with E-state index in [-0.39, 0.29) is 6.10 Å². The zero-order chi connectivity index (χ0) is 12.5. The molecule has 3 rings (SSSR count). The first-order valence-corrected chi connectivity index (χ1v) is 6.14. The molecule has 2 heterocycles. The standard InChI is InChI=1S/C15H16N2O/c1-12(18)13-7-8-15-16(11-13)9-10-17(15)14-5-3-2-4-6-14/h2-10,12,18H,11H2,1H3. The van der Waals surface area contributed by atoms with E-state index >= 15 is 0 Å². The Balaban J connectivity index is 1.91. The molecule has 0 saturated heterocycles. The predicted molar refractivity (Wildman–Crippen MR) is 72.6 cm³/mol. The summed E-state index contributed by atoms with van der Waals surface area (Å²) in [6.45, 7) is 2.56. The summed E-state index contributed by atoms with van der Waals surface area (Å²) in [7, 11) is 0. The molecule has 2 aliphatic rings. The average molecular weight is 240 g/mol. The van der Waals surface area contributed by atoms with Crippen molar-refractivity contribution in [1.82, 2.24) is 4.90 Å². The van der Waals surface area contributed by atoms with E-state index in [0.29, 0.717) is 0 Å². The smallest absolute Gasteiger partial charge is 0.117 e. The van der Waals surface area contributed by atoms with Gasteiger partial charge in [0.1, 0.15) is 5.82 Å². The van der Waals surface area contributed by atoms with Gasteiger partial charge in [0.15, 0.2) is 0 Å². The Kier molecular flexibility index (Phi) is 2.68. The summed E-state index contributed by atoms with van der Waals surface area (Å²) in [6, 6.07) is 10.3. The Bertz CT molecular complexity index is 529. The van der Waals surface area contributed by atoms with Crippen molar-refractivity contribution < 1.29 is 5.11 Å². The van der Waals surface area contributed by atoms with Crippen molar-refractivity contribution in [3.63, 3.8) is 0 Å². The molecule has 92 valence electrons. The molecule has 0 aromatic heterocycles. The van der Waals surface area contributed by atoms with Crippen LogP contribution >= 0.6 is 0 Å². The highest BCUT2D eigenvalue weighted by molar-refractivity contribution is 5.58. The Labute approximate surface area is 107 Å². The van der Waals surface area contributed by atoms with Crippen LogP contribution in [-0.2, 0) is 0 Å². The number of para-hydroxylation sites is 1. The van der Waals surface area contributed by atoms with E-state index < -0.39 is 0 Å². The summed E-state index contributed by atoms with van der Waals surface area (Å²) in [5.41, 5.74) is 2.19. The average Bonchev–Trinajstić information content (AvgIpc) is 2.82. The van der Waals surface area contributed by atoms with Crippen LogP contribution in [-0.4, -0.2) is 22.7 Å². The van der Waals surface area contributed by atoms with Crippen molar-refractivity contribution >= 4 is 5.69 Å². The lowest BCUT2D eigenvalue weighted by Crippen LogP contribution is -2.29. The molecule has 0 aliphatic carbocycles. The highest BCUT2D eigenvalue weighted by atomic mass is 16.3. The van der Waals surface area contributed by atoms with Gasteiger partial charge in [-0.25, -0.2) is 0 Å². The van der Waals surface area contributed by atoms with Crippen molar-refractivity contribution in [3.05, 3.63) is 66.3 Å². The van der Waals surface area contributed by atoms with Crippen LogP contribution in [0.1, 0.15) is 6.92 Å². The number of rotatable bonds is 2. The van der Waals surface area contributed by atoms with Crippen LogP contribution in [0.2, 0.25) is 0 Å². The largest absolute Gasteiger partial charge is 0.389 e. The lowest BCUT2D eigenvalue weighted by molar-refractivity contribution is 0.221. The Morgan fingerprint density at radius 3 is 2.61 bits per heavy atom. The summed E-state index contributed by atoms with van der Waals surface area (Å²) < 4.78 is 0. The summed E-state index contributed by atoms with van der Waals surface area (Å²) >= 11 is 0. The molecule has 2 aliphatic heterocycles. The third-order valence-corrected chi connectivity index (χ3v) is 3.31. The van der Waals surface area contributed by atoms with E-state index in [4.69, 9.17) is 0 Å². The number of benzene rings is 1. The van der Waals surface area contributed by atoms with Gasteiger partial charge in [-0.1, -0.05) is 24.3 Å². The lowest BCUT2D eigenvalue weighted by atomic mass is 10.1. The van der Waals surface area contributed by atoms with Crippen LogP contribution in [0.25, 0.3) is 0 Å². The minimum Gasteiger partial charge on any atom is -0.389 e. The van der Waals surface area contributed by atoms with E-state index in [2.05, 4.69) is 34.2 Å². The van der Waals surface area contributed by atoms with Gasteiger partial charge in [0.2, 0.25) is 0 Å². The van der Waals surface area contributed by atoms with E-state index in [9.17, 15) is 5.11 Å². The monoisotopic (exact) mass is 240 g/mol. The van der Waals surface area contributed by atoms with Crippen molar-refractivity contribution in [2.45, 2.75) is 13.0 Å². The maximum atomic E-state index is 9.62. The number of hydrogen-bond donors (Lipinski definition) is 1. The van der Waals surface area contributed by atoms with Crippen LogP contribution in [0.5, 0.6) is 0 Å². The Morgan fingerprint density at radius 1 is 1.11 bits per heavy atom. The first-order valence-electron chi connectivity index (χ1n) is 6.14. The second-order valence-corrected chi connectivity index (χ2v) is 4.57. The second kappa shape index (κ2) is 4.35. The maximum Gasteiger partial charge on any atom is 0.117 e. The summed E-state index contributed by atoms with van der Waals surface area (Å²) in [4.78, 5) is 4.30. The van der Waals surface area contributed by atoms with Gasteiger partial charge in [-0.15, -0.1) is 0 Å². The van der Waals surface area contributed by atoms with Crippen molar-refractivity contribution in [3.8, 4) is 0 Å². The van der Waals surface area contributed by atoms with Crippen molar-refractivity contribution in [2.75, 3.05) is 11.4 Å². The summed E-state index contributed by atoms with van der Waals surface area (Å²) in [5.74, 6) is 1.13. The molecule has 1 N–H and O–H groups in total. The van der Waals surface area contributed by atoms with Crippen LogP contribution in [0.15, 0.2) is 66.3 Å². The minimum atomic E-state index is -0.387. The molecule has 0 saturated carbocycles. The number of nitrogens with zero attached hydrogens (tertiary/aromatic N) is 2. The molecular weight excluding hydrogens is 224 g/mol. The maximum absolute atomic E-state index is 9.62. The van der Waals surface area contributed by atoms with E-state index in [0.717, 1.165) is 23.6 Å². The van der Waals surface area contributed by atoms with Gasteiger partial charge in [0.25, 0.3) is 0 Å². The Hall–Kier alpha value is -2.00. The number of anilines is 1. The van der Waals surface area contributed by atoms with Crippen LogP contribution < -0.4 is 4.90 Å². The molecule has 0 amide bonds. The van der Waals surface area contributed by atoms with Crippen molar-refractivity contribution in [1.29, 1.82) is 0 Å². The zero-order valence-corrected chi connectivity index (χ0v) is 10.3. The van der Waals surface area contributed by atoms with Crippen LogP contribution in [0.4, 0.5) is 5.69 Å². The van der Waals surface area contributed by atoms with Gasteiger partial charge in [0, 0.05) is 24.6 Å². The van der Waals surface area contributed by atoms with Gasteiger partial charge < -0.3 is 14.9 Å². The fourth-order valence-corrected chi connectivity index (χ4v) is 2.26. The number of hydrogen-bond acceptors (Lipinski definition) is 3. The molecule has 3 nitrogen and oxygen atoms in total. The second-order valence-electron chi connectivity index (χ2n) is 4.57. The molecule has 0 fully saturated rings. The zero-order valence-electron chi connectivity index (χ0n) is 10.3.